The van der Waals surface area contributed by atoms with Crippen LogP contribution >= 0.6 is 0 Å². The van der Waals surface area contributed by atoms with Crippen LogP contribution in [0.4, 0.5) is 11.8 Å². The molecule has 0 radical (unpaired) electrons. The minimum absolute atomic E-state index is 0.223. The summed E-state index contributed by atoms with van der Waals surface area (Å²) in [6, 6.07) is 7.65. The number of nitrogens with one attached hydrogen (secondary N) is 2. The number of hydrogen-bond donors (Lipinski definition) is 2. The molecule has 1 amide bonds. The largest absolute Gasteiger partial charge is 0.494 e. The molecule has 8 nitrogen and oxygen atoms in total. The zero-order chi connectivity index (χ0) is 21.9. The fraction of sp³-hybridized carbons (Fsp3) is 0.458. The highest BCUT2D eigenvalue weighted by atomic mass is 16.5. The SMILES string of the molecule is COc1ccc(C2CCCCC2)c2nc(NC(=O)c3ccnc(N4CCOCC4)c3)[nH]c12. The Balaban J connectivity index is 1.41. The molecular formula is C24H29N5O3. The number of benzene rings is 1. The van der Waals surface area contributed by atoms with E-state index in [9.17, 15) is 4.79 Å². The van der Waals surface area contributed by atoms with Gasteiger partial charge in [-0.2, -0.15) is 0 Å². The smallest absolute Gasteiger partial charge is 0.258 e. The number of rotatable bonds is 5. The number of nitrogens with zero attached hydrogens (tertiary/aromatic N) is 3. The molecule has 168 valence electrons. The van der Waals surface area contributed by atoms with E-state index in [0.717, 1.165) is 35.7 Å². The topological polar surface area (TPSA) is 92.4 Å². The lowest BCUT2D eigenvalue weighted by Crippen LogP contribution is -2.36. The number of anilines is 2. The summed E-state index contributed by atoms with van der Waals surface area (Å²) in [5, 5.41) is 2.93. The van der Waals surface area contributed by atoms with Crippen LogP contribution in [0.15, 0.2) is 30.5 Å². The highest BCUT2D eigenvalue weighted by molar-refractivity contribution is 6.04. The van der Waals surface area contributed by atoms with Crippen molar-refractivity contribution in [3.8, 4) is 5.75 Å². The molecule has 0 spiro atoms. The molecular weight excluding hydrogens is 406 g/mol. The lowest BCUT2D eigenvalue weighted by Gasteiger charge is -2.27. The Morgan fingerprint density at radius 1 is 1.19 bits per heavy atom. The number of methoxy groups -OCH3 is 1. The number of amides is 1. The molecule has 3 aromatic rings. The molecule has 1 aromatic carbocycles. The number of hydrogen-bond acceptors (Lipinski definition) is 6. The van der Waals surface area contributed by atoms with Gasteiger partial charge in [0, 0.05) is 24.8 Å². The lowest BCUT2D eigenvalue weighted by atomic mass is 9.83. The van der Waals surface area contributed by atoms with Crippen LogP contribution < -0.4 is 15.0 Å². The second kappa shape index (κ2) is 9.16. The predicted octanol–water partition coefficient (Wildman–Crippen LogP) is 4.10. The minimum atomic E-state index is -0.223. The van der Waals surface area contributed by atoms with Crippen molar-refractivity contribution < 1.29 is 14.3 Å². The molecule has 2 aromatic heterocycles. The molecule has 2 fully saturated rings. The zero-order valence-corrected chi connectivity index (χ0v) is 18.4. The summed E-state index contributed by atoms with van der Waals surface area (Å²) in [5.41, 5.74) is 3.49. The van der Waals surface area contributed by atoms with Crippen molar-refractivity contribution >= 4 is 28.7 Å². The van der Waals surface area contributed by atoms with E-state index in [0.29, 0.717) is 30.6 Å². The number of pyridine rings is 1. The minimum Gasteiger partial charge on any atom is -0.494 e. The third-order valence-electron chi connectivity index (χ3n) is 6.48. The van der Waals surface area contributed by atoms with Crippen molar-refractivity contribution in [1.82, 2.24) is 15.0 Å². The summed E-state index contributed by atoms with van der Waals surface area (Å²) in [4.78, 5) is 27.6. The summed E-state index contributed by atoms with van der Waals surface area (Å²) < 4.78 is 11.0. The van der Waals surface area contributed by atoms with Crippen LogP contribution in [0.2, 0.25) is 0 Å². The third kappa shape index (κ3) is 4.14. The highest BCUT2D eigenvalue weighted by Crippen LogP contribution is 2.38. The van der Waals surface area contributed by atoms with Crippen LogP contribution in [-0.4, -0.2) is 54.3 Å². The van der Waals surface area contributed by atoms with Gasteiger partial charge in [-0.15, -0.1) is 0 Å². The lowest BCUT2D eigenvalue weighted by molar-refractivity contribution is 0.102. The molecule has 1 aliphatic heterocycles. The molecule has 8 heteroatoms. The predicted molar refractivity (Wildman–Crippen MR) is 124 cm³/mol. The molecule has 0 bridgehead atoms. The average molecular weight is 436 g/mol. The summed E-state index contributed by atoms with van der Waals surface area (Å²) in [5.74, 6) is 2.22. The van der Waals surface area contributed by atoms with Crippen LogP contribution in [0.1, 0.15) is 53.9 Å². The molecule has 32 heavy (non-hydrogen) atoms. The number of carbonyl (C=O) groups is 1. The maximum absolute atomic E-state index is 13.0. The first kappa shape index (κ1) is 20.8. The Bertz CT molecular complexity index is 1100. The molecule has 1 saturated heterocycles. The number of fused-ring (bicyclic) bond motifs is 1. The van der Waals surface area contributed by atoms with Gasteiger partial charge in [-0.25, -0.2) is 9.97 Å². The van der Waals surface area contributed by atoms with E-state index in [1.165, 1.54) is 37.7 Å². The van der Waals surface area contributed by atoms with Crippen LogP contribution in [-0.2, 0) is 4.74 Å². The van der Waals surface area contributed by atoms with Gasteiger partial charge in [0.05, 0.1) is 25.8 Å². The van der Waals surface area contributed by atoms with Crippen molar-refractivity contribution in [3.05, 3.63) is 41.6 Å². The molecule has 2 N–H and O–H groups in total. The van der Waals surface area contributed by atoms with Gasteiger partial charge in [-0.1, -0.05) is 25.3 Å². The van der Waals surface area contributed by atoms with Gasteiger partial charge >= 0.3 is 0 Å². The Morgan fingerprint density at radius 2 is 2.00 bits per heavy atom. The van der Waals surface area contributed by atoms with Gasteiger partial charge in [-0.3, -0.25) is 10.1 Å². The Labute approximate surface area is 187 Å². The summed E-state index contributed by atoms with van der Waals surface area (Å²) in [6.07, 6.45) is 7.83. The van der Waals surface area contributed by atoms with Gasteiger partial charge < -0.3 is 19.4 Å². The van der Waals surface area contributed by atoms with Crippen molar-refractivity contribution in [3.63, 3.8) is 0 Å². The number of H-pyrrole nitrogens is 1. The number of imidazole rings is 1. The fourth-order valence-electron chi connectivity index (χ4n) is 4.77. The molecule has 5 rings (SSSR count). The number of carbonyl (C=O) groups excluding carboxylic acids is 1. The van der Waals surface area contributed by atoms with Crippen molar-refractivity contribution in [1.29, 1.82) is 0 Å². The Morgan fingerprint density at radius 3 is 2.78 bits per heavy atom. The quantitative estimate of drug-likeness (QED) is 0.627. The maximum atomic E-state index is 13.0. The average Bonchev–Trinajstić information content (AvgIpc) is 3.28. The van der Waals surface area contributed by atoms with E-state index < -0.39 is 0 Å². The van der Waals surface area contributed by atoms with Gasteiger partial charge in [0.2, 0.25) is 5.95 Å². The monoisotopic (exact) mass is 435 g/mol. The van der Waals surface area contributed by atoms with Crippen molar-refractivity contribution in [2.24, 2.45) is 0 Å². The molecule has 1 aliphatic carbocycles. The van der Waals surface area contributed by atoms with Crippen molar-refractivity contribution in [2.75, 3.05) is 43.6 Å². The molecule has 0 atom stereocenters. The first-order valence-corrected chi connectivity index (χ1v) is 11.4. The Hall–Kier alpha value is -3.13. The van der Waals surface area contributed by atoms with Crippen LogP contribution in [0.25, 0.3) is 11.0 Å². The van der Waals surface area contributed by atoms with Crippen molar-refractivity contribution in [2.45, 2.75) is 38.0 Å². The molecule has 3 heterocycles. The number of ether oxygens (including phenoxy) is 2. The zero-order valence-electron chi connectivity index (χ0n) is 18.4. The van der Waals surface area contributed by atoms with Gasteiger partial charge in [0.15, 0.2) is 0 Å². The summed E-state index contributed by atoms with van der Waals surface area (Å²) in [6.45, 7) is 2.88. The van der Waals surface area contributed by atoms with E-state index in [1.54, 1.807) is 19.4 Å². The molecule has 1 saturated carbocycles. The third-order valence-corrected chi connectivity index (χ3v) is 6.48. The van der Waals surface area contributed by atoms with Crippen LogP contribution in [0.5, 0.6) is 5.75 Å². The Kier molecular flexibility index (Phi) is 5.94. The fourth-order valence-corrected chi connectivity index (χ4v) is 4.77. The number of aromatic amines is 1. The van der Waals surface area contributed by atoms with E-state index in [-0.39, 0.29) is 5.91 Å². The van der Waals surface area contributed by atoms with Gasteiger partial charge in [-0.05, 0) is 42.5 Å². The first-order chi connectivity index (χ1) is 15.7. The van der Waals surface area contributed by atoms with E-state index in [2.05, 4.69) is 26.3 Å². The number of morpholine rings is 1. The summed E-state index contributed by atoms with van der Waals surface area (Å²) >= 11 is 0. The second-order valence-electron chi connectivity index (χ2n) is 8.46. The molecule has 2 aliphatic rings. The van der Waals surface area contributed by atoms with Gasteiger partial charge in [0.1, 0.15) is 17.1 Å². The standard InChI is InChI=1S/C24H29N5O3/c1-31-19-8-7-18(16-5-3-2-4-6-16)21-22(19)27-24(26-21)28-23(30)17-9-10-25-20(15-17)29-11-13-32-14-12-29/h7-10,15-16H,2-6,11-14H2,1H3,(H2,26,27,28,30). The maximum Gasteiger partial charge on any atom is 0.258 e. The van der Waals surface area contributed by atoms with E-state index in [4.69, 9.17) is 14.5 Å². The first-order valence-electron chi connectivity index (χ1n) is 11.4. The normalized spacial score (nSPS) is 17.5. The van der Waals surface area contributed by atoms with Crippen LogP contribution in [0.3, 0.4) is 0 Å². The van der Waals surface area contributed by atoms with Crippen LogP contribution in [0, 0.1) is 0 Å². The second-order valence-corrected chi connectivity index (χ2v) is 8.46. The highest BCUT2D eigenvalue weighted by Gasteiger charge is 2.22. The number of aromatic nitrogens is 3. The summed E-state index contributed by atoms with van der Waals surface area (Å²) in [7, 11) is 1.65. The van der Waals surface area contributed by atoms with E-state index in [1.807, 2.05) is 12.1 Å². The molecule has 0 unspecified atom stereocenters. The van der Waals surface area contributed by atoms with E-state index >= 15 is 0 Å². The van der Waals surface area contributed by atoms with Gasteiger partial charge in [0.25, 0.3) is 5.91 Å².